The highest BCUT2D eigenvalue weighted by atomic mass is 16.5. The van der Waals surface area contributed by atoms with Crippen LogP contribution in [0.25, 0.3) is 0 Å². The SMILES string of the molecule is CCC1NC(=O)CN(CC2CCOC2C)C1=O. The second kappa shape index (κ2) is 5.04. The van der Waals surface area contributed by atoms with Crippen LogP contribution in [0.2, 0.25) is 0 Å². The van der Waals surface area contributed by atoms with Gasteiger partial charge in [0, 0.05) is 19.1 Å². The molecule has 2 rings (SSSR count). The lowest BCUT2D eigenvalue weighted by molar-refractivity contribution is -0.145. The van der Waals surface area contributed by atoms with Crippen molar-refractivity contribution in [2.24, 2.45) is 5.92 Å². The number of carbonyl (C=O) groups is 2. The van der Waals surface area contributed by atoms with Crippen molar-refractivity contribution < 1.29 is 14.3 Å². The number of amides is 2. The Labute approximate surface area is 101 Å². The molecule has 17 heavy (non-hydrogen) atoms. The normalized spacial score (nSPS) is 34.0. The minimum Gasteiger partial charge on any atom is -0.378 e. The van der Waals surface area contributed by atoms with E-state index in [1.165, 1.54) is 0 Å². The molecule has 0 radical (unpaired) electrons. The second-order valence-corrected chi connectivity index (χ2v) is 4.87. The van der Waals surface area contributed by atoms with Crippen LogP contribution in [0.1, 0.15) is 26.7 Å². The Hall–Kier alpha value is -1.10. The molecular weight excluding hydrogens is 220 g/mol. The van der Waals surface area contributed by atoms with Gasteiger partial charge in [0.15, 0.2) is 0 Å². The smallest absolute Gasteiger partial charge is 0.245 e. The van der Waals surface area contributed by atoms with E-state index in [-0.39, 0.29) is 30.5 Å². The first-order valence-corrected chi connectivity index (χ1v) is 6.31. The summed E-state index contributed by atoms with van der Waals surface area (Å²) in [6.45, 7) is 5.54. The summed E-state index contributed by atoms with van der Waals surface area (Å²) in [6, 6.07) is -0.339. The molecule has 2 fully saturated rings. The number of piperazine rings is 1. The predicted octanol–water partition coefficient (Wildman–Crippen LogP) is 0.148. The van der Waals surface area contributed by atoms with Gasteiger partial charge in [-0.15, -0.1) is 0 Å². The van der Waals surface area contributed by atoms with Gasteiger partial charge in [0.2, 0.25) is 11.8 Å². The van der Waals surface area contributed by atoms with Crippen molar-refractivity contribution in [3.05, 3.63) is 0 Å². The largest absolute Gasteiger partial charge is 0.378 e. The van der Waals surface area contributed by atoms with Gasteiger partial charge in [-0.1, -0.05) is 6.92 Å². The van der Waals surface area contributed by atoms with Crippen molar-refractivity contribution in [2.75, 3.05) is 19.7 Å². The molecule has 3 atom stereocenters. The third kappa shape index (κ3) is 2.60. The first-order chi connectivity index (χ1) is 8.11. The van der Waals surface area contributed by atoms with Crippen LogP contribution < -0.4 is 5.32 Å². The summed E-state index contributed by atoms with van der Waals surface area (Å²) < 4.78 is 5.48. The summed E-state index contributed by atoms with van der Waals surface area (Å²) in [5, 5.41) is 2.72. The number of hydrogen-bond acceptors (Lipinski definition) is 3. The van der Waals surface area contributed by atoms with Crippen LogP contribution in [-0.2, 0) is 14.3 Å². The van der Waals surface area contributed by atoms with Crippen molar-refractivity contribution in [3.63, 3.8) is 0 Å². The molecule has 0 saturated carbocycles. The van der Waals surface area contributed by atoms with Gasteiger partial charge in [-0.25, -0.2) is 0 Å². The number of carbonyl (C=O) groups excluding carboxylic acids is 2. The maximum Gasteiger partial charge on any atom is 0.245 e. The minimum absolute atomic E-state index is 0.0474. The van der Waals surface area contributed by atoms with Crippen LogP contribution >= 0.6 is 0 Å². The third-order valence-corrected chi connectivity index (χ3v) is 3.68. The Kier molecular flexibility index (Phi) is 3.66. The van der Waals surface area contributed by atoms with Crippen LogP contribution in [0.15, 0.2) is 0 Å². The van der Waals surface area contributed by atoms with Gasteiger partial charge in [-0.2, -0.15) is 0 Å². The van der Waals surface area contributed by atoms with E-state index in [4.69, 9.17) is 4.74 Å². The number of ether oxygens (including phenoxy) is 1. The van der Waals surface area contributed by atoms with Gasteiger partial charge in [-0.3, -0.25) is 9.59 Å². The molecule has 2 amide bonds. The third-order valence-electron chi connectivity index (χ3n) is 3.68. The molecule has 0 aromatic heterocycles. The molecule has 2 aliphatic rings. The molecule has 0 aliphatic carbocycles. The summed E-state index contributed by atoms with van der Waals surface area (Å²) >= 11 is 0. The van der Waals surface area contributed by atoms with E-state index in [0.29, 0.717) is 18.9 Å². The van der Waals surface area contributed by atoms with Crippen LogP contribution in [0, 0.1) is 5.92 Å². The van der Waals surface area contributed by atoms with Crippen LogP contribution in [0.3, 0.4) is 0 Å². The highest BCUT2D eigenvalue weighted by Crippen LogP contribution is 2.22. The fourth-order valence-electron chi connectivity index (χ4n) is 2.50. The predicted molar refractivity (Wildman–Crippen MR) is 62.3 cm³/mol. The van der Waals surface area contributed by atoms with Gasteiger partial charge in [-0.05, 0) is 19.8 Å². The Bertz CT molecular complexity index is 319. The number of rotatable bonds is 3. The summed E-state index contributed by atoms with van der Waals surface area (Å²) in [7, 11) is 0. The van der Waals surface area contributed by atoms with Crippen LogP contribution in [0.4, 0.5) is 0 Å². The van der Waals surface area contributed by atoms with E-state index < -0.39 is 0 Å². The zero-order valence-electron chi connectivity index (χ0n) is 10.4. The quantitative estimate of drug-likeness (QED) is 0.764. The Morgan fingerprint density at radius 2 is 2.24 bits per heavy atom. The van der Waals surface area contributed by atoms with Crippen molar-refractivity contribution in [1.29, 1.82) is 0 Å². The Balaban J connectivity index is 1.98. The molecule has 0 bridgehead atoms. The van der Waals surface area contributed by atoms with E-state index in [2.05, 4.69) is 5.32 Å². The fraction of sp³-hybridized carbons (Fsp3) is 0.833. The molecule has 5 nitrogen and oxygen atoms in total. The van der Waals surface area contributed by atoms with Crippen molar-refractivity contribution in [1.82, 2.24) is 10.2 Å². The second-order valence-electron chi connectivity index (χ2n) is 4.87. The standard InChI is InChI=1S/C12H20N2O3/c1-3-10-12(16)14(7-11(15)13-10)6-9-4-5-17-8(9)2/h8-10H,3-7H2,1-2H3,(H,13,15). The molecule has 0 aromatic carbocycles. The molecule has 0 aromatic rings. The maximum absolute atomic E-state index is 12.1. The Morgan fingerprint density at radius 3 is 2.82 bits per heavy atom. The topological polar surface area (TPSA) is 58.6 Å². The van der Waals surface area contributed by atoms with Gasteiger partial charge in [0.05, 0.1) is 12.6 Å². The highest BCUT2D eigenvalue weighted by molar-refractivity contribution is 5.94. The average Bonchev–Trinajstić information content (AvgIpc) is 2.69. The highest BCUT2D eigenvalue weighted by Gasteiger charge is 2.35. The molecule has 2 heterocycles. The number of nitrogens with zero attached hydrogens (tertiary/aromatic N) is 1. The van der Waals surface area contributed by atoms with Crippen molar-refractivity contribution in [2.45, 2.75) is 38.8 Å². The summed E-state index contributed by atoms with van der Waals surface area (Å²) in [5.41, 5.74) is 0. The van der Waals surface area contributed by atoms with Crippen molar-refractivity contribution in [3.8, 4) is 0 Å². The van der Waals surface area contributed by atoms with Crippen LogP contribution in [0.5, 0.6) is 0 Å². The number of nitrogens with one attached hydrogen (secondary N) is 1. The molecule has 1 N–H and O–H groups in total. The lowest BCUT2D eigenvalue weighted by Crippen LogP contribution is -2.58. The van der Waals surface area contributed by atoms with Crippen molar-refractivity contribution >= 4 is 11.8 Å². The van der Waals surface area contributed by atoms with Gasteiger partial charge < -0.3 is 15.0 Å². The van der Waals surface area contributed by atoms with E-state index in [0.717, 1.165) is 13.0 Å². The number of hydrogen-bond donors (Lipinski definition) is 1. The molecule has 5 heteroatoms. The lowest BCUT2D eigenvalue weighted by Gasteiger charge is -2.34. The Morgan fingerprint density at radius 1 is 1.47 bits per heavy atom. The summed E-state index contributed by atoms with van der Waals surface area (Å²) in [5.74, 6) is 0.358. The lowest BCUT2D eigenvalue weighted by atomic mass is 10.0. The van der Waals surface area contributed by atoms with E-state index in [9.17, 15) is 9.59 Å². The minimum atomic E-state index is -0.339. The fourth-order valence-corrected chi connectivity index (χ4v) is 2.50. The maximum atomic E-state index is 12.1. The average molecular weight is 240 g/mol. The van der Waals surface area contributed by atoms with Gasteiger partial charge >= 0.3 is 0 Å². The summed E-state index contributed by atoms with van der Waals surface area (Å²) in [4.78, 5) is 25.3. The molecule has 96 valence electrons. The zero-order valence-corrected chi connectivity index (χ0v) is 10.4. The summed E-state index contributed by atoms with van der Waals surface area (Å²) in [6.07, 6.45) is 1.81. The van der Waals surface area contributed by atoms with E-state index in [1.54, 1.807) is 4.90 Å². The van der Waals surface area contributed by atoms with E-state index >= 15 is 0 Å². The first kappa shape index (κ1) is 12.4. The molecule has 0 spiro atoms. The molecule has 2 aliphatic heterocycles. The monoisotopic (exact) mass is 240 g/mol. The van der Waals surface area contributed by atoms with E-state index in [1.807, 2.05) is 13.8 Å². The molecule has 3 unspecified atom stereocenters. The first-order valence-electron chi connectivity index (χ1n) is 6.31. The van der Waals surface area contributed by atoms with Crippen LogP contribution in [-0.4, -0.2) is 48.6 Å². The molecular formula is C12H20N2O3. The zero-order chi connectivity index (χ0) is 12.4. The molecule has 2 saturated heterocycles. The van der Waals surface area contributed by atoms with Gasteiger partial charge in [0.1, 0.15) is 6.04 Å². The van der Waals surface area contributed by atoms with Gasteiger partial charge in [0.25, 0.3) is 0 Å².